The lowest BCUT2D eigenvalue weighted by Gasteiger charge is -2.17. The Balaban J connectivity index is 3.10. The Kier molecular flexibility index (Phi) is 6.57. The molecule has 0 radical (unpaired) electrons. The molecule has 0 aliphatic heterocycles. The predicted molar refractivity (Wildman–Crippen MR) is 50.8 cm³/mol. The van der Waals surface area contributed by atoms with E-state index in [0.717, 1.165) is 25.6 Å². The van der Waals surface area contributed by atoms with Crippen LogP contribution in [0.15, 0.2) is 0 Å². The summed E-state index contributed by atoms with van der Waals surface area (Å²) >= 11 is 0. The number of hydrogen-bond acceptors (Lipinski definition) is 2. The highest BCUT2D eigenvalue weighted by molar-refractivity contribution is 4.64. The van der Waals surface area contributed by atoms with Crippen LogP contribution in [0.4, 0.5) is 0 Å². The Labute approximate surface area is 70.8 Å². The normalized spacial score (nSPS) is 13.9. The van der Waals surface area contributed by atoms with Gasteiger partial charge in [0.15, 0.2) is 0 Å². The molecule has 0 rings (SSSR count). The highest BCUT2D eigenvalue weighted by Crippen LogP contribution is 1.98. The second kappa shape index (κ2) is 6.62. The zero-order valence-corrected chi connectivity index (χ0v) is 8.28. The van der Waals surface area contributed by atoms with E-state index >= 15 is 0 Å². The molecule has 0 fully saturated rings. The molecular weight excluding hydrogens is 136 g/mol. The van der Waals surface area contributed by atoms with E-state index in [4.69, 9.17) is 0 Å². The van der Waals surface area contributed by atoms with E-state index in [-0.39, 0.29) is 0 Å². The van der Waals surface area contributed by atoms with E-state index in [1.54, 1.807) is 0 Å². The average molecular weight is 158 g/mol. The number of rotatable bonds is 6. The zero-order valence-electron chi connectivity index (χ0n) is 8.28. The van der Waals surface area contributed by atoms with Crippen molar-refractivity contribution in [1.29, 1.82) is 0 Å². The van der Waals surface area contributed by atoms with E-state index in [0.29, 0.717) is 6.04 Å². The van der Waals surface area contributed by atoms with E-state index in [2.05, 4.69) is 38.3 Å². The average Bonchev–Trinajstić information content (AvgIpc) is 1.97. The summed E-state index contributed by atoms with van der Waals surface area (Å²) in [6, 6.07) is 0.633. The third kappa shape index (κ3) is 6.32. The second-order valence-electron chi connectivity index (χ2n) is 3.34. The maximum atomic E-state index is 3.45. The Bertz CT molecular complexity index is 81.6. The summed E-state index contributed by atoms with van der Waals surface area (Å²) in [5.41, 5.74) is 0. The largest absolute Gasteiger partial charge is 0.316 e. The molecule has 0 aromatic heterocycles. The number of hydrogen-bond donors (Lipinski definition) is 2. The molecule has 11 heavy (non-hydrogen) atoms. The van der Waals surface area contributed by atoms with Gasteiger partial charge in [-0.3, -0.25) is 0 Å². The molecule has 1 unspecified atom stereocenters. The van der Waals surface area contributed by atoms with Gasteiger partial charge in [0.2, 0.25) is 0 Å². The number of nitrogens with one attached hydrogen (secondary N) is 2. The fraction of sp³-hybridized carbons (Fsp3) is 1.00. The Morgan fingerprint density at radius 3 is 2.18 bits per heavy atom. The first-order valence-corrected chi connectivity index (χ1v) is 4.62. The van der Waals surface area contributed by atoms with Crippen LogP contribution in [0, 0.1) is 5.92 Å². The van der Waals surface area contributed by atoms with Gasteiger partial charge in [-0.25, -0.2) is 0 Å². The Morgan fingerprint density at radius 1 is 1.09 bits per heavy atom. The molecule has 2 N–H and O–H groups in total. The van der Waals surface area contributed by atoms with Crippen LogP contribution in [0.2, 0.25) is 0 Å². The fourth-order valence-corrected chi connectivity index (χ4v) is 0.801. The van der Waals surface area contributed by atoms with Crippen LogP contribution >= 0.6 is 0 Å². The van der Waals surface area contributed by atoms with Crippen molar-refractivity contribution in [2.45, 2.75) is 33.7 Å². The molecular formula is C9H22N2. The van der Waals surface area contributed by atoms with Gasteiger partial charge < -0.3 is 10.6 Å². The van der Waals surface area contributed by atoms with Crippen molar-refractivity contribution in [3.8, 4) is 0 Å². The van der Waals surface area contributed by atoms with Crippen LogP contribution in [0.25, 0.3) is 0 Å². The third-order valence-electron chi connectivity index (χ3n) is 2.02. The maximum Gasteiger partial charge on any atom is 0.00793 e. The summed E-state index contributed by atoms with van der Waals surface area (Å²) in [7, 11) is 0. The van der Waals surface area contributed by atoms with Gasteiger partial charge in [0, 0.05) is 19.1 Å². The monoisotopic (exact) mass is 158 g/mol. The van der Waals surface area contributed by atoms with Crippen LogP contribution in [-0.2, 0) is 0 Å². The molecule has 0 aromatic rings. The first-order chi connectivity index (χ1) is 5.18. The summed E-state index contributed by atoms with van der Waals surface area (Å²) in [6.07, 6.45) is 0. The molecule has 0 bridgehead atoms. The van der Waals surface area contributed by atoms with Gasteiger partial charge in [-0.15, -0.1) is 0 Å². The summed E-state index contributed by atoms with van der Waals surface area (Å²) in [5, 5.41) is 6.73. The van der Waals surface area contributed by atoms with Crippen molar-refractivity contribution in [2.24, 2.45) is 5.92 Å². The van der Waals surface area contributed by atoms with Crippen molar-refractivity contribution < 1.29 is 0 Å². The molecule has 68 valence electrons. The van der Waals surface area contributed by atoms with Crippen LogP contribution in [0.1, 0.15) is 27.7 Å². The molecule has 2 heteroatoms. The first-order valence-electron chi connectivity index (χ1n) is 4.62. The molecule has 2 nitrogen and oxygen atoms in total. The fourth-order valence-electron chi connectivity index (χ4n) is 0.801. The van der Waals surface area contributed by atoms with Gasteiger partial charge in [0.25, 0.3) is 0 Å². The summed E-state index contributed by atoms with van der Waals surface area (Å²) in [6.45, 7) is 12.1. The van der Waals surface area contributed by atoms with Crippen molar-refractivity contribution in [3.63, 3.8) is 0 Å². The van der Waals surface area contributed by atoms with Gasteiger partial charge in [-0.2, -0.15) is 0 Å². The van der Waals surface area contributed by atoms with Crippen LogP contribution in [0.3, 0.4) is 0 Å². The minimum atomic E-state index is 0.633. The molecule has 0 saturated heterocycles. The second-order valence-corrected chi connectivity index (χ2v) is 3.34. The molecule has 1 atom stereocenters. The van der Waals surface area contributed by atoms with Crippen molar-refractivity contribution in [1.82, 2.24) is 10.6 Å². The molecule has 0 aromatic carbocycles. The summed E-state index contributed by atoms with van der Waals surface area (Å²) in [4.78, 5) is 0. The summed E-state index contributed by atoms with van der Waals surface area (Å²) in [5.74, 6) is 0.733. The standard InChI is InChI=1S/C9H22N2/c1-5-10-6-7-11-9(4)8(2)3/h8-11H,5-7H2,1-4H3. The van der Waals surface area contributed by atoms with Crippen molar-refractivity contribution in [2.75, 3.05) is 19.6 Å². The van der Waals surface area contributed by atoms with Crippen molar-refractivity contribution >= 4 is 0 Å². The lowest BCUT2D eigenvalue weighted by molar-refractivity contribution is 0.425. The lowest BCUT2D eigenvalue weighted by Crippen LogP contribution is -2.36. The Morgan fingerprint density at radius 2 is 1.73 bits per heavy atom. The highest BCUT2D eigenvalue weighted by Gasteiger charge is 2.03. The number of likely N-dealkylation sites (N-methyl/N-ethyl adjacent to an activating group) is 1. The minimum Gasteiger partial charge on any atom is -0.316 e. The molecule has 0 aliphatic carbocycles. The molecule has 0 saturated carbocycles. The van der Waals surface area contributed by atoms with Gasteiger partial charge in [-0.05, 0) is 19.4 Å². The molecule has 0 aliphatic rings. The van der Waals surface area contributed by atoms with E-state index in [9.17, 15) is 0 Å². The van der Waals surface area contributed by atoms with Gasteiger partial charge in [0.1, 0.15) is 0 Å². The highest BCUT2D eigenvalue weighted by atomic mass is 15.0. The third-order valence-corrected chi connectivity index (χ3v) is 2.02. The van der Waals surface area contributed by atoms with Crippen LogP contribution < -0.4 is 10.6 Å². The Hall–Kier alpha value is -0.0800. The van der Waals surface area contributed by atoms with Crippen molar-refractivity contribution in [3.05, 3.63) is 0 Å². The first kappa shape index (κ1) is 10.9. The maximum absolute atomic E-state index is 3.45. The quantitative estimate of drug-likeness (QED) is 0.568. The molecule has 0 heterocycles. The predicted octanol–water partition coefficient (Wildman–Crippen LogP) is 1.23. The van der Waals surface area contributed by atoms with Crippen LogP contribution in [0.5, 0.6) is 0 Å². The summed E-state index contributed by atoms with van der Waals surface area (Å²) < 4.78 is 0. The minimum absolute atomic E-state index is 0.633. The van der Waals surface area contributed by atoms with Gasteiger partial charge in [-0.1, -0.05) is 20.8 Å². The zero-order chi connectivity index (χ0) is 8.69. The van der Waals surface area contributed by atoms with Crippen LogP contribution in [-0.4, -0.2) is 25.7 Å². The van der Waals surface area contributed by atoms with E-state index in [1.807, 2.05) is 0 Å². The van der Waals surface area contributed by atoms with Gasteiger partial charge >= 0.3 is 0 Å². The lowest BCUT2D eigenvalue weighted by atomic mass is 10.1. The van der Waals surface area contributed by atoms with E-state index < -0.39 is 0 Å². The molecule has 0 amide bonds. The van der Waals surface area contributed by atoms with Gasteiger partial charge in [0.05, 0.1) is 0 Å². The SMILES string of the molecule is CCNCCNC(C)C(C)C. The van der Waals surface area contributed by atoms with E-state index in [1.165, 1.54) is 0 Å². The topological polar surface area (TPSA) is 24.1 Å². The molecule has 0 spiro atoms. The smallest absolute Gasteiger partial charge is 0.00793 e.